The molecule has 1 amide bonds. The largest absolute Gasteiger partial charge is 0.495 e. The Morgan fingerprint density at radius 1 is 1.19 bits per heavy atom. The van der Waals surface area contributed by atoms with Gasteiger partial charge in [-0.25, -0.2) is 0 Å². The molecule has 4 nitrogen and oxygen atoms in total. The second kappa shape index (κ2) is 9.04. The van der Waals surface area contributed by atoms with Crippen LogP contribution in [0.1, 0.15) is 22.0 Å². The number of rotatable bonds is 7. The van der Waals surface area contributed by atoms with Crippen LogP contribution in [0.3, 0.4) is 0 Å². The molecule has 2 aromatic carbocycles. The number of carbonyl (C=O) groups excluding carboxylic acids is 1. The fourth-order valence-electron chi connectivity index (χ4n) is 2.80. The molecule has 1 heterocycles. The smallest absolute Gasteiger partial charge is 0.238 e. The summed E-state index contributed by atoms with van der Waals surface area (Å²) >= 11 is 7.79. The molecule has 0 spiro atoms. The van der Waals surface area contributed by atoms with Gasteiger partial charge in [0.05, 0.1) is 25.4 Å². The van der Waals surface area contributed by atoms with E-state index in [1.807, 2.05) is 42.6 Å². The minimum Gasteiger partial charge on any atom is -0.495 e. The predicted octanol–water partition coefficient (Wildman–Crippen LogP) is 5.04. The van der Waals surface area contributed by atoms with Gasteiger partial charge in [-0.15, -0.1) is 11.3 Å². The number of anilines is 1. The van der Waals surface area contributed by atoms with Gasteiger partial charge in [-0.2, -0.15) is 0 Å². The summed E-state index contributed by atoms with van der Waals surface area (Å²) in [5, 5.41) is 8.89. The van der Waals surface area contributed by atoms with Crippen LogP contribution in [0.15, 0.2) is 60.0 Å². The zero-order valence-corrected chi connectivity index (χ0v) is 16.7. The van der Waals surface area contributed by atoms with E-state index in [1.54, 1.807) is 24.5 Å². The van der Waals surface area contributed by atoms with Crippen LogP contribution < -0.4 is 15.4 Å². The number of hydrogen-bond donors (Lipinski definition) is 2. The molecule has 0 saturated carbocycles. The second-order valence-corrected chi connectivity index (χ2v) is 7.48. The van der Waals surface area contributed by atoms with Crippen molar-refractivity contribution < 1.29 is 9.53 Å². The SMILES string of the molecule is COc1cc(Cl)c(C)cc1NC(=O)CN[C@@H](c1ccccc1)c1cccs1. The summed E-state index contributed by atoms with van der Waals surface area (Å²) < 4.78 is 5.32. The topological polar surface area (TPSA) is 50.4 Å². The summed E-state index contributed by atoms with van der Waals surface area (Å²) in [4.78, 5) is 13.7. The monoisotopic (exact) mass is 400 g/mol. The first-order chi connectivity index (χ1) is 13.1. The second-order valence-electron chi connectivity index (χ2n) is 6.09. The summed E-state index contributed by atoms with van der Waals surface area (Å²) in [7, 11) is 1.55. The first-order valence-corrected chi connectivity index (χ1v) is 9.80. The number of methoxy groups -OCH3 is 1. The van der Waals surface area contributed by atoms with E-state index < -0.39 is 0 Å². The summed E-state index contributed by atoms with van der Waals surface area (Å²) in [6.07, 6.45) is 0. The standard InChI is InChI=1S/C21H21ClN2O2S/c1-14-11-17(18(26-2)12-16(14)22)24-20(25)13-23-21(19-9-6-10-27-19)15-7-4-3-5-8-15/h3-12,21,23H,13H2,1-2H3,(H,24,25)/t21-/m0/s1. The molecule has 3 aromatic rings. The van der Waals surface area contributed by atoms with Crippen LogP contribution in [0.2, 0.25) is 5.02 Å². The average Bonchev–Trinajstić information content (AvgIpc) is 3.20. The maximum Gasteiger partial charge on any atom is 0.238 e. The van der Waals surface area contributed by atoms with E-state index in [-0.39, 0.29) is 18.5 Å². The van der Waals surface area contributed by atoms with E-state index in [2.05, 4.69) is 28.8 Å². The Morgan fingerprint density at radius 3 is 2.63 bits per heavy atom. The average molecular weight is 401 g/mol. The number of nitrogens with one attached hydrogen (secondary N) is 2. The fraction of sp³-hybridized carbons (Fsp3) is 0.190. The molecule has 0 radical (unpaired) electrons. The van der Waals surface area contributed by atoms with E-state index in [9.17, 15) is 4.79 Å². The van der Waals surface area contributed by atoms with Crippen LogP contribution in [0.25, 0.3) is 0 Å². The van der Waals surface area contributed by atoms with E-state index >= 15 is 0 Å². The van der Waals surface area contributed by atoms with Crippen molar-refractivity contribution in [2.45, 2.75) is 13.0 Å². The first-order valence-electron chi connectivity index (χ1n) is 8.54. The third kappa shape index (κ3) is 4.89. The molecule has 0 unspecified atom stereocenters. The molecule has 1 aromatic heterocycles. The fourth-order valence-corrected chi connectivity index (χ4v) is 3.78. The van der Waals surface area contributed by atoms with Gasteiger partial charge in [-0.05, 0) is 35.6 Å². The number of hydrogen-bond acceptors (Lipinski definition) is 4. The Kier molecular flexibility index (Phi) is 6.50. The highest BCUT2D eigenvalue weighted by molar-refractivity contribution is 7.10. The van der Waals surface area contributed by atoms with E-state index in [4.69, 9.17) is 16.3 Å². The number of thiophene rings is 1. The Balaban J connectivity index is 1.71. The normalized spacial score (nSPS) is 11.8. The van der Waals surface area contributed by atoms with Gasteiger partial charge >= 0.3 is 0 Å². The molecule has 0 fully saturated rings. The van der Waals surface area contributed by atoms with E-state index in [1.165, 1.54) is 0 Å². The molecule has 2 N–H and O–H groups in total. The first kappa shape index (κ1) is 19.4. The minimum atomic E-state index is -0.146. The van der Waals surface area contributed by atoms with Crippen molar-refractivity contribution in [1.82, 2.24) is 5.32 Å². The number of ether oxygens (including phenoxy) is 1. The van der Waals surface area contributed by atoms with E-state index in [0.717, 1.165) is 16.0 Å². The van der Waals surface area contributed by atoms with Gasteiger partial charge in [0.2, 0.25) is 5.91 Å². The molecular formula is C21H21ClN2O2S. The highest BCUT2D eigenvalue weighted by Gasteiger charge is 2.17. The van der Waals surface area contributed by atoms with Crippen molar-refractivity contribution >= 4 is 34.5 Å². The lowest BCUT2D eigenvalue weighted by Gasteiger charge is -2.18. The van der Waals surface area contributed by atoms with Gasteiger partial charge in [-0.1, -0.05) is 48.0 Å². The van der Waals surface area contributed by atoms with Gasteiger partial charge in [0, 0.05) is 16.0 Å². The van der Waals surface area contributed by atoms with Crippen LogP contribution in [0.4, 0.5) is 5.69 Å². The number of aryl methyl sites for hydroxylation is 1. The molecule has 1 atom stereocenters. The molecule has 0 bridgehead atoms. The van der Waals surface area contributed by atoms with Crippen molar-refractivity contribution in [2.24, 2.45) is 0 Å². The lowest BCUT2D eigenvalue weighted by atomic mass is 10.1. The number of benzene rings is 2. The van der Waals surface area contributed by atoms with Gasteiger partial charge in [0.1, 0.15) is 5.75 Å². The Hall–Kier alpha value is -2.34. The molecule has 6 heteroatoms. The van der Waals surface area contributed by atoms with Crippen LogP contribution in [0, 0.1) is 6.92 Å². The van der Waals surface area contributed by atoms with Crippen molar-refractivity contribution in [1.29, 1.82) is 0 Å². The predicted molar refractivity (Wildman–Crippen MR) is 112 cm³/mol. The third-order valence-corrected chi connectivity index (χ3v) is 5.53. The third-order valence-electron chi connectivity index (χ3n) is 4.18. The van der Waals surface area contributed by atoms with Crippen LogP contribution in [0.5, 0.6) is 5.75 Å². The van der Waals surface area contributed by atoms with Gasteiger partial charge in [0.25, 0.3) is 0 Å². The van der Waals surface area contributed by atoms with Crippen molar-refractivity contribution in [2.75, 3.05) is 19.0 Å². The molecule has 3 rings (SSSR count). The zero-order chi connectivity index (χ0) is 19.2. The zero-order valence-electron chi connectivity index (χ0n) is 15.2. The highest BCUT2D eigenvalue weighted by atomic mass is 35.5. The summed E-state index contributed by atoms with van der Waals surface area (Å²) in [5.74, 6) is 0.393. The number of amides is 1. The van der Waals surface area contributed by atoms with Gasteiger partial charge in [-0.3, -0.25) is 10.1 Å². The summed E-state index contributed by atoms with van der Waals surface area (Å²) in [6.45, 7) is 2.06. The lowest BCUT2D eigenvalue weighted by molar-refractivity contribution is -0.115. The quantitative estimate of drug-likeness (QED) is 0.584. The Morgan fingerprint density at radius 2 is 1.96 bits per heavy atom. The lowest BCUT2D eigenvalue weighted by Crippen LogP contribution is -2.31. The van der Waals surface area contributed by atoms with Gasteiger partial charge < -0.3 is 10.1 Å². The molecule has 27 heavy (non-hydrogen) atoms. The van der Waals surface area contributed by atoms with Crippen LogP contribution in [-0.4, -0.2) is 19.6 Å². The van der Waals surface area contributed by atoms with Crippen LogP contribution in [-0.2, 0) is 4.79 Å². The van der Waals surface area contributed by atoms with Crippen molar-refractivity contribution in [3.63, 3.8) is 0 Å². The molecule has 0 aliphatic heterocycles. The van der Waals surface area contributed by atoms with Gasteiger partial charge in [0.15, 0.2) is 0 Å². The minimum absolute atomic E-state index is 0.0363. The summed E-state index contributed by atoms with van der Waals surface area (Å²) in [6, 6.07) is 17.7. The molecular weight excluding hydrogens is 380 g/mol. The number of halogens is 1. The molecule has 0 aliphatic carbocycles. The van der Waals surface area contributed by atoms with E-state index in [0.29, 0.717) is 16.5 Å². The Labute approximate surface area is 168 Å². The highest BCUT2D eigenvalue weighted by Crippen LogP contribution is 2.31. The Bertz CT molecular complexity index is 898. The maximum atomic E-state index is 12.5. The van der Waals surface area contributed by atoms with Crippen molar-refractivity contribution in [3.8, 4) is 5.75 Å². The molecule has 140 valence electrons. The molecule has 0 aliphatic rings. The molecule has 0 saturated heterocycles. The number of carbonyl (C=O) groups is 1. The van der Waals surface area contributed by atoms with Crippen LogP contribution >= 0.6 is 22.9 Å². The van der Waals surface area contributed by atoms with Crippen molar-refractivity contribution in [3.05, 3.63) is 81.0 Å². The summed E-state index contributed by atoms with van der Waals surface area (Å²) in [5.41, 5.74) is 2.60. The maximum absolute atomic E-state index is 12.5.